The number of methoxy groups -OCH3 is 1. The third-order valence-electron chi connectivity index (χ3n) is 4.56. The second kappa shape index (κ2) is 9.80. The van der Waals surface area contributed by atoms with Gasteiger partial charge in [0.15, 0.2) is 0 Å². The zero-order valence-electron chi connectivity index (χ0n) is 17.0. The number of nitrogens with one attached hydrogen (secondary N) is 2. The number of aromatic amines is 1. The molecule has 0 aliphatic carbocycles. The Kier molecular flexibility index (Phi) is 6.92. The van der Waals surface area contributed by atoms with E-state index in [4.69, 9.17) is 9.47 Å². The summed E-state index contributed by atoms with van der Waals surface area (Å²) in [5, 5.41) is 13.0. The van der Waals surface area contributed by atoms with Crippen molar-refractivity contribution in [3.05, 3.63) is 64.4 Å². The van der Waals surface area contributed by atoms with Crippen LogP contribution in [0.2, 0.25) is 0 Å². The molecular weight excluding hydrogens is 386 g/mol. The maximum atomic E-state index is 12.7. The fourth-order valence-electron chi connectivity index (χ4n) is 3.06. The molecule has 30 heavy (non-hydrogen) atoms. The number of pyridine rings is 1. The van der Waals surface area contributed by atoms with E-state index >= 15 is 0 Å². The highest BCUT2D eigenvalue weighted by molar-refractivity contribution is 5.89. The van der Waals surface area contributed by atoms with Gasteiger partial charge in [-0.2, -0.15) is 0 Å². The number of ether oxygens (including phenoxy) is 2. The minimum absolute atomic E-state index is 0.0483. The molecule has 0 aliphatic rings. The molecule has 3 rings (SSSR count). The fraction of sp³-hybridized carbons (Fsp3) is 0.273. The maximum absolute atomic E-state index is 12.7. The number of aromatic nitrogens is 1. The number of aliphatic hydroxyl groups excluding tert-OH is 1. The van der Waals surface area contributed by atoms with Crippen LogP contribution in [-0.2, 0) is 6.54 Å². The zero-order valence-corrected chi connectivity index (χ0v) is 17.0. The molecule has 158 valence electrons. The van der Waals surface area contributed by atoms with Crippen molar-refractivity contribution in [2.75, 3.05) is 32.2 Å². The lowest BCUT2D eigenvalue weighted by Gasteiger charge is -2.22. The highest BCUT2D eigenvalue weighted by Gasteiger charge is 2.16. The number of nitrogens with zero attached hydrogens (tertiary/aromatic N) is 1. The third-order valence-corrected chi connectivity index (χ3v) is 4.56. The third kappa shape index (κ3) is 5.09. The second-order valence-corrected chi connectivity index (χ2v) is 6.61. The van der Waals surface area contributed by atoms with Gasteiger partial charge >= 0.3 is 6.03 Å². The maximum Gasteiger partial charge on any atom is 0.322 e. The van der Waals surface area contributed by atoms with Gasteiger partial charge in [0, 0.05) is 28.7 Å². The number of hydrogen-bond acceptors (Lipinski definition) is 5. The lowest BCUT2D eigenvalue weighted by atomic mass is 10.1. The second-order valence-electron chi connectivity index (χ2n) is 6.61. The Hall–Kier alpha value is -3.52. The van der Waals surface area contributed by atoms with Crippen LogP contribution >= 0.6 is 0 Å². The predicted molar refractivity (Wildman–Crippen MR) is 115 cm³/mol. The first kappa shape index (κ1) is 21.2. The van der Waals surface area contributed by atoms with Crippen molar-refractivity contribution < 1.29 is 19.4 Å². The molecule has 2 aromatic carbocycles. The molecule has 0 fully saturated rings. The van der Waals surface area contributed by atoms with E-state index in [9.17, 15) is 14.7 Å². The van der Waals surface area contributed by atoms with Gasteiger partial charge in [0.05, 0.1) is 26.9 Å². The molecule has 0 bridgehead atoms. The molecule has 0 unspecified atom stereocenters. The summed E-state index contributed by atoms with van der Waals surface area (Å²) in [5.41, 5.74) is 1.39. The molecule has 0 spiro atoms. The van der Waals surface area contributed by atoms with Crippen molar-refractivity contribution in [3.63, 3.8) is 0 Å². The number of H-pyrrole nitrogens is 1. The number of amides is 2. The van der Waals surface area contributed by atoms with Crippen LogP contribution in [0.15, 0.2) is 53.3 Å². The summed E-state index contributed by atoms with van der Waals surface area (Å²) < 4.78 is 10.6. The predicted octanol–water partition coefficient (Wildman–Crippen LogP) is 2.96. The van der Waals surface area contributed by atoms with Gasteiger partial charge in [-0.3, -0.25) is 4.79 Å². The Morgan fingerprint density at radius 2 is 1.87 bits per heavy atom. The smallest absolute Gasteiger partial charge is 0.322 e. The molecule has 2 amide bonds. The Morgan fingerprint density at radius 3 is 2.53 bits per heavy atom. The Balaban J connectivity index is 1.82. The first-order valence-electron chi connectivity index (χ1n) is 9.63. The molecule has 3 aromatic rings. The summed E-state index contributed by atoms with van der Waals surface area (Å²) >= 11 is 0. The topological polar surface area (TPSA) is 104 Å². The van der Waals surface area contributed by atoms with Gasteiger partial charge < -0.3 is 29.8 Å². The van der Waals surface area contributed by atoms with Crippen molar-refractivity contribution in [2.45, 2.75) is 13.5 Å². The largest absolute Gasteiger partial charge is 0.497 e. The molecule has 0 radical (unpaired) electrons. The first-order chi connectivity index (χ1) is 14.5. The molecule has 0 atom stereocenters. The monoisotopic (exact) mass is 411 g/mol. The minimum atomic E-state index is -0.420. The van der Waals surface area contributed by atoms with Crippen molar-refractivity contribution in [1.82, 2.24) is 9.88 Å². The van der Waals surface area contributed by atoms with Gasteiger partial charge in [0.2, 0.25) is 0 Å². The van der Waals surface area contributed by atoms with E-state index in [1.807, 2.05) is 13.0 Å². The molecule has 0 aliphatic heterocycles. The Morgan fingerprint density at radius 1 is 1.13 bits per heavy atom. The average Bonchev–Trinajstić information content (AvgIpc) is 2.74. The molecule has 1 aromatic heterocycles. The molecule has 0 saturated heterocycles. The van der Waals surface area contributed by atoms with Crippen LogP contribution in [0.25, 0.3) is 10.9 Å². The molecule has 8 nitrogen and oxygen atoms in total. The SMILES string of the molecule is CCOc1ccc2[nH]c(=O)c(CN(CCO)C(=O)Nc3ccc(OC)cc3)cc2c1. The van der Waals surface area contributed by atoms with E-state index in [2.05, 4.69) is 10.3 Å². The van der Waals surface area contributed by atoms with E-state index in [1.54, 1.807) is 49.6 Å². The Labute approximate surface area is 174 Å². The van der Waals surface area contributed by atoms with Crippen LogP contribution < -0.4 is 20.3 Å². The standard InChI is InChI=1S/C22H25N3O5/c1-3-30-19-8-9-20-15(13-19)12-16(21(27)24-20)14-25(10-11-26)22(28)23-17-4-6-18(29-2)7-5-17/h4-9,12-13,26H,3,10-11,14H2,1-2H3,(H,23,28)(H,24,27). The molecular formula is C22H25N3O5. The summed E-state index contributed by atoms with van der Waals surface area (Å²) in [6, 6.07) is 13.6. The highest BCUT2D eigenvalue weighted by atomic mass is 16.5. The number of urea groups is 1. The lowest BCUT2D eigenvalue weighted by molar-refractivity contribution is 0.185. The number of hydrogen-bond donors (Lipinski definition) is 3. The number of carbonyl (C=O) groups is 1. The van der Waals surface area contributed by atoms with Crippen molar-refractivity contribution in [2.24, 2.45) is 0 Å². The highest BCUT2D eigenvalue weighted by Crippen LogP contribution is 2.20. The minimum Gasteiger partial charge on any atom is -0.497 e. The van der Waals surface area contributed by atoms with Crippen LogP contribution in [0, 0.1) is 0 Å². The van der Waals surface area contributed by atoms with E-state index in [1.165, 1.54) is 4.90 Å². The van der Waals surface area contributed by atoms with Crippen LogP contribution in [0.5, 0.6) is 11.5 Å². The number of anilines is 1. The summed E-state index contributed by atoms with van der Waals surface area (Å²) in [6.07, 6.45) is 0. The molecule has 3 N–H and O–H groups in total. The lowest BCUT2D eigenvalue weighted by Crippen LogP contribution is -2.38. The molecule has 1 heterocycles. The van der Waals surface area contributed by atoms with E-state index < -0.39 is 6.03 Å². The van der Waals surface area contributed by atoms with Crippen molar-refractivity contribution in [1.29, 1.82) is 0 Å². The number of benzene rings is 2. The molecule has 0 saturated carbocycles. The van der Waals surface area contributed by atoms with E-state index in [0.29, 0.717) is 34.9 Å². The Bertz CT molecular complexity index is 1060. The zero-order chi connectivity index (χ0) is 21.5. The van der Waals surface area contributed by atoms with Gasteiger partial charge in [-0.25, -0.2) is 4.79 Å². The van der Waals surface area contributed by atoms with Crippen LogP contribution in [0.3, 0.4) is 0 Å². The summed E-state index contributed by atoms with van der Waals surface area (Å²) in [7, 11) is 1.56. The normalized spacial score (nSPS) is 10.6. The number of aliphatic hydroxyl groups is 1. The van der Waals surface area contributed by atoms with Gasteiger partial charge in [-0.05, 0) is 55.5 Å². The number of rotatable bonds is 8. The van der Waals surface area contributed by atoms with Crippen molar-refractivity contribution >= 4 is 22.6 Å². The summed E-state index contributed by atoms with van der Waals surface area (Å²) in [5.74, 6) is 1.38. The summed E-state index contributed by atoms with van der Waals surface area (Å²) in [4.78, 5) is 29.4. The van der Waals surface area contributed by atoms with E-state index in [0.717, 1.165) is 5.39 Å². The van der Waals surface area contributed by atoms with Crippen LogP contribution in [0.1, 0.15) is 12.5 Å². The average molecular weight is 411 g/mol. The van der Waals surface area contributed by atoms with Gasteiger partial charge in [0.1, 0.15) is 11.5 Å². The van der Waals surface area contributed by atoms with Gasteiger partial charge in [-0.15, -0.1) is 0 Å². The van der Waals surface area contributed by atoms with E-state index in [-0.39, 0.29) is 25.3 Å². The quantitative estimate of drug-likeness (QED) is 0.529. The van der Waals surface area contributed by atoms with Gasteiger partial charge in [0.25, 0.3) is 5.56 Å². The molecule has 8 heteroatoms. The number of fused-ring (bicyclic) bond motifs is 1. The first-order valence-corrected chi connectivity index (χ1v) is 9.63. The van der Waals surface area contributed by atoms with Gasteiger partial charge in [-0.1, -0.05) is 0 Å². The van der Waals surface area contributed by atoms with Crippen LogP contribution in [-0.4, -0.2) is 47.9 Å². The fourth-order valence-corrected chi connectivity index (χ4v) is 3.06. The number of carbonyl (C=O) groups excluding carboxylic acids is 1. The van der Waals surface area contributed by atoms with Crippen molar-refractivity contribution in [3.8, 4) is 11.5 Å². The van der Waals surface area contributed by atoms with Crippen LogP contribution in [0.4, 0.5) is 10.5 Å². The summed E-state index contributed by atoms with van der Waals surface area (Å²) in [6.45, 7) is 2.34.